The first kappa shape index (κ1) is 22.4. The lowest BCUT2D eigenvalue weighted by molar-refractivity contribution is -0.384. The van der Waals surface area contributed by atoms with Gasteiger partial charge in [-0.1, -0.05) is 24.3 Å². The van der Waals surface area contributed by atoms with Crippen molar-refractivity contribution in [1.82, 2.24) is 5.32 Å². The van der Waals surface area contributed by atoms with Crippen LogP contribution in [0.2, 0.25) is 0 Å². The number of alkyl halides is 3. The number of nitro groups is 1. The molecule has 2 aromatic carbocycles. The van der Waals surface area contributed by atoms with Crippen molar-refractivity contribution in [3.05, 3.63) is 64.2 Å². The highest BCUT2D eigenvalue weighted by Gasteiger charge is 2.29. The zero-order valence-electron chi connectivity index (χ0n) is 16.6. The molecule has 0 aliphatic carbocycles. The number of carbonyl (C=O) groups is 1. The standard InChI is InChI=1S/C21H22F3N3O4/c22-21(23,24)14-31-17-7-5-15(6-8-17)13-25-20(28)16-9-11-26(12-10-16)18-3-1-2-4-19(18)27(29)30/h1-8,16H,9-14H2,(H,25,28). The quantitative estimate of drug-likeness (QED) is 0.522. The Kier molecular flexibility index (Phi) is 6.98. The molecular formula is C21H22F3N3O4. The number of anilines is 1. The second-order valence-corrected chi connectivity index (χ2v) is 7.27. The first-order valence-electron chi connectivity index (χ1n) is 9.77. The molecule has 1 aliphatic rings. The van der Waals surface area contributed by atoms with E-state index in [1.165, 1.54) is 18.2 Å². The zero-order chi connectivity index (χ0) is 22.4. The monoisotopic (exact) mass is 437 g/mol. The normalized spacial score (nSPS) is 14.9. The van der Waals surface area contributed by atoms with E-state index in [2.05, 4.69) is 10.1 Å². The van der Waals surface area contributed by atoms with E-state index in [1.807, 2.05) is 4.90 Å². The molecule has 1 N–H and O–H groups in total. The predicted octanol–water partition coefficient (Wildman–Crippen LogP) is 4.07. The number of carbonyl (C=O) groups excluding carboxylic acids is 1. The van der Waals surface area contributed by atoms with Crippen LogP contribution in [0.25, 0.3) is 0 Å². The van der Waals surface area contributed by atoms with Crippen LogP contribution in [-0.2, 0) is 11.3 Å². The number of rotatable bonds is 7. The van der Waals surface area contributed by atoms with E-state index in [4.69, 9.17) is 0 Å². The summed E-state index contributed by atoms with van der Waals surface area (Å²) in [6.45, 7) is -0.0287. The van der Waals surface area contributed by atoms with Gasteiger partial charge in [-0.2, -0.15) is 13.2 Å². The lowest BCUT2D eigenvalue weighted by atomic mass is 9.95. The number of ether oxygens (including phenoxy) is 1. The minimum absolute atomic E-state index is 0.0491. The summed E-state index contributed by atoms with van der Waals surface area (Å²) in [5.41, 5.74) is 1.34. The molecule has 1 amide bonds. The van der Waals surface area contributed by atoms with Crippen LogP contribution in [-0.4, -0.2) is 36.7 Å². The molecule has 0 saturated carbocycles. The van der Waals surface area contributed by atoms with Crippen LogP contribution >= 0.6 is 0 Å². The highest BCUT2D eigenvalue weighted by molar-refractivity contribution is 5.79. The van der Waals surface area contributed by atoms with Crippen molar-refractivity contribution in [2.75, 3.05) is 24.6 Å². The number of nitrogens with zero attached hydrogens (tertiary/aromatic N) is 2. The fourth-order valence-corrected chi connectivity index (χ4v) is 3.47. The Balaban J connectivity index is 1.47. The second kappa shape index (κ2) is 9.67. The molecule has 1 saturated heterocycles. The van der Waals surface area contributed by atoms with Gasteiger partial charge in [-0.15, -0.1) is 0 Å². The fourth-order valence-electron chi connectivity index (χ4n) is 3.47. The maximum absolute atomic E-state index is 12.5. The van der Waals surface area contributed by atoms with Gasteiger partial charge in [0.1, 0.15) is 11.4 Å². The van der Waals surface area contributed by atoms with Gasteiger partial charge in [0.15, 0.2) is 6.61 Å². The second-order valence-electron chi connectivity index (χ2n) is 7.27. The average molecular weight is 437 g/mol. The first-order valence-corrected chi connectivity index (χ1v) is 9.77. The minimum atomic E-state index is -4.40. The van der Waals surface area contributed by atoms with E-state index in [0.29, 0.717) is 31.6 Å². The summed E-state index contributed by atoms with van der Waals surface area (Å²) >= 11 is 0. The van der Waals surface area contributed by atoms with Gasteiger partial charge < -0.3 is 15.0 Å². The first-order chi connectivity index (χ1) is 14.7. The maximum Gasteiger partial charge on any atom is 0.422 e. The Bertz CT molecular complexity index is 911. The van der Waals surface area contributed by atoms with Gasteiger partial charge in [-0.25, -0.2) is 0 Å². The number of hydrogen-bond donors (Lipinski definition) is 1. The summed E-state index contributed by atoms with van der Waals surface area (Å²) in [7, 11) is 0. The molecule has 0 bridgehead atoms. The SMILES string of the molecule is O=C(NCc1ccc(OCC(F)(F)F)cc1)C1CCN(c2ccccc2[N+](=O)[O-])CC1. The number of para-hydroxylation sites is 2. The van der Waals surface area contributed by atoms with Gasteiger partial charge in [-0.3, -0.25) is 14.9 Å². The Hall–Kier alpha value is -3.30. The number of hydrogen-bond acceptors (Lipinski definition) is 5. The van der Waals surface area contributed by atoms with Crippen molar-refractivity contribution in [2.24, 2.45) is 5.92 Å². The maximum atomic E-state index is 12.5. The molecule has 0 spiro atoms. The van der Waals surface area contributed by atoms with Gasteiger partial charge in [0.25, 0.3) is 5.69 Å². The third-order valence-corrected chi connectivity index (χ3v) is 5.08. The van der Waals surface area contributed by atoms with E-state index >= 15 is 0 Å². The van der Waals surface area contributed by atoms with Crippen molar-refractivity contribution in [2.45, 2.75) is 25.6 Å². The number of nitro benzene ring substituents is 1. The number of benzene rings is 2. The van der Waals surface area contributed by atoms with Gasteiger partial charge >= 0.3 is 6.18 Å². The molecule has 0 atom stereocenters. The summed E-state index contributed by atoms with van der Waals surface area (Å²) < 4.78 is 41.2. The van der Waals surface area contributed by atoms with E-state index in [9.17, 15) is 28.1 Å². The van der Waals surface area contributed by atoms with Crippen LogP contribution in [0, 0.1) is 16.0 Å². The molecule has 3 rings (SSSR count). The summed E-state index contributed by atoms with van der Waals surface area (Å²) in [5.74, 6) is -0.206. The minimum Gasteiger partial charge on any atom is -0.484 e. The lowest BCUT2D eigenvalue weighted by Gasteiger charge is -2.32. The van der Waals surface area contributed by atoms with Crippen LogP contribution in [0.15, 0.2) is 48.5 Å². The molecule has 1 fully saturated rings. The van der Waals surface area contributed by atoms with E-state index in [1.54, 1.807) is 30.3 Å². The smallest absolute Gasteiger partial charge is 0.422 e. The Morgan fingerprint density at radius 1 is 1.13 bits per heavy atom. The highest BCUT2D eigenvalue weighted by Crippen LogP contribution is 2.31. The topological polar surface area (TPSA) is 84.7 Å². The fraction of sp³-hybridized carbons (Fsp3) is 0.381. The Morgan fingerprint density at radius 2 is 1.77 bits per heavy atom. The van der Waals surface area contributed by atoms with Crippen molar-refractivity contribution in [1.29, 1.82) is 0 Å². The molecule has 7 nitrogen and oxygen atoms in total. The zero-order valence-corrected chi connectivity index (χ0v) is 16.6. The van der Waals surface area contributed by atoms with E-state index in [0.717, 1.165) is 5.56 Å². The molecule has 1 aliphatic heterocycles. The molecule has 166 valence electrons. The third kappa shape index (κ3) is 6.34. The summed E-state index contributed by atoms with van der Waals surface area (Å²) in [6.07, 6.45) is -3.25. The molecule has 10 heteroatoms. The Morgan fingerprint density at radius 3 is 2.39 bits per heavy atom. The number of amides is 1. The molecule has 0 radical (unpaired) electrons. The predicted molar refractivity (Wildman–Crippen MR) is 108 cm³/mol. The van der Waals surface area contributed by atoms with Gasteiger partial charge in [0.2, 0.25) is 5.91 Å². The van der Waals surface area contributed by atoms with Crippen LogP contribution < -0.4 is 15.0 Å². The molecule has 31 heavy (non-hydrogen) atoms. The highest BCUT2D eigenvalue weighted by atomic mass is 19.4. The van der Waals surface area contributed by atoms with E-state index in [-0.39, 0.29) is 29.8 Å². The third-order valence-electron chi connectivity index (χ3n) is 5.08. The summed E-state index contributed by atoms with van der Waals surface area (Å²) in [4.78, 5) is 25.2. The van der Waals surface area contributed by atoms with E-state index < -0.39 is 17.7 Å². The van der Waals surface area contributed by atoms with Crippen LogP contribution in [0.4, 0.5) is 24.5 Å². The summed E-state index contributed by atoms with van der Waals surface area (Å²) in [5, 5.41) is 14.1. The largest absolute Gasteiger partial charge is 0.484 e. The molecule has 0 unspecified atom stereocenters. The molecule has 2 aromatic rings. The van der Waals surface area contributed by atoms with Crippen molar-refractivity contribution < 1.29 is 27.6 Å². The average Bonchev–Trinajstić information content (AvgIpc) is 2.76. The number of nitrogens with one attached hydrogen (secondary N) is 1. The number of piperidine rings is 1. The van der Waals surface area contributed by atoms with Gasteiger partial charge in [0.05, 0.1) is 4.92 Å². The van der Waals surface area contributed by atoms with Gasteiger partial charge in [-0.05, 0) is 36.6 Å². The Labute approximate surface area is 177 Å². The van der Waals surface area contributed by atoms with Crippen molar-refractivity contribution in [3.8, 4) is 5.75 Å². The van der Waals surface area contributed by atoms with Crippen LogP contribution in [0.3, 0.4) is 0 Å². The lowest BCUT2D eigenvalue weighted by Crippen LogP contribution is -2.40. The van der Waals surface area contributed by atoms with Crippen molar-refractivity contribution in [3.63, 3.8) is 0 Å². The molecular weight excluding hydrogens is 415 g/mol. The summed E-state index contributed by atoms with van der Waals surface area (Å²) in [6, 6.07) is 12.6. The van der Waals surface area contributed by atoms with Crippen LogP contribution in [0.5, 0.6) is 5.75 Å². The van der Waals surface area contributed by atoms with Gasteiger partial charge in [0, 0.05) is 31.6 Å². The molecule has 0 aromatic heterocycles. The van der Waals surface area contributed by atoms with Crippen LogP contribution in [0.1, 0.15) is 18.4 Å². The number of halogens is 3. The molecule has 1 heterocycles. The van der Waals surface area contributed by atoms with Crippen molar-refractivity contribution >= 4 is 17.3 Å².